The highest BCUT2D eigenvalue weighted by Crippen LogP contribution is 2.35. The number of rotatable bonds is 8. The van der Waals surface area contributed by atoms with Crippen LogP contribution in [0.15, 0.2) is 28.8 Å². The van der Waals surface area contributed by atoms with E-state index in [4.69, 9.17) is 20.9 Å². The van der Waals surface area contributed by atoms with Gasteiger partial charge in [0.15, 0.2) is 11.6 Å². The summed E-state index contributed by atoms with van der Waals surface area (Å²) in [5.41, 5.74) is 0.510. The Hall–Kier alpha value is -2.13. The van der Waals surface area contributed by atoms with Crippen LogP contribution in [-0.2, 0) is 4.74 Å². The van der Waals surface area contributed by atoms with Crippen molar-refractivity contribution < 1.29 is 24.3 Å². The second-order valence-electron chi connectivity index (χ2n) is 7.27. The summed E-state index contributed by atoms with van der Waals surface area (Å²) in [4.78, 5) is 15.1. The molecule has 1 saturated heterocycles. The molecule has 0 radical (unpaired) electrons. The minimum absolute atomic E-state index is 0.0986. The number of aromatic nitrogens is 1. The normalized spacial score (nSPS) is 16.1. The number of carbonyl (C=O) groups excluding carboxylic acids is 1. The van der Waals surface area contributed by atoms with Crippen LogP contribution in [0.2, 0.25) is 5.02 Å². The van der Waals surface area contributed by atoms with Gasteiger partial charge in [0, 0.05) is 42.7 Å². The minimum atomic E-state index is -0.538. The van der Waals surface area contributed by atoms with E-state index in [9.17, 15) is 15.0 Å². The van der Waals surface area contributed by atoms with Crippen LogP contribution in [0, 0.1) is 5.41 Å². The van der Waals surface area contributed by atoms with E-state index >= 15 is 0 Å². The number of hydrogen-bond acceptors (Lipinski definition) is 7. The van der Waals surface area contributed by atoms with E-state index in [0.717, 1.165) is 0 Å². The first kappa shape index (κ1) is 21.6. The second kappa shape index (κ2) is 9.58. The molecule has 3 N–H and O–H groups in total. The van der Waals surface area contributed by atoms with Crippen LogP contribution in [0.3, 0.4) is 0 Å². The number of hydrogen-bond donors (Lipinski definition) is 3. The number of amides is 1. The number of nitrogens with zero attached hydrogens (tertiary/aromatic N) is 2. The van der Waals surface area contributed by atoms with Crippen molar-refractivity contribution in [3.63, 3.8) is 0 Å². The predicted molar refractivity (Wildman–Crippen MR) is 109 cm³/mol. The molecule has 2 aromatic rings. The number of nitrogens with one attached hydrogen (secondary N) is 1. The Kier molecular flexibility index (Phi) is 7.13. The highest BCUT2D eigenvalue weighted by molar-refractivity contribution is 6.30. The zero-order valence-corrected chi connectivity index (χ0v) is 17.1. The summed E-state index contributed by atoms with van der Waals surface area (Å²) in [7, 11) is 1.60. The number of halogens is 1. The fraction of sp³-hybridized carbons (Fsp3) is 0.500. The summed E-state index contributed by atoms with van der Waals surface area (Å²) < 4.78 is 10.6. The number of piperidine rings is 1. The fourth-order valence-corrected chi connectivity index (χ4v) is 3.51. The van der Waals surface area contributed by atoms with Gasteiger partial charge in [0.25, 0.3) is 5.91 Å². The highest BCUT2D eigenvalue weighted by atomic mass is 35.5. The third-order valence-corrected chi connectivity index (χ3v) is 5.65. The summed E-state index contributed by atoms with van der Waals surface area (Å²) in [5, 5.41) is 27.0. The Morgan fingerprint density at radius 2 is 1.93 bits per heavy atom. The molecule has 9 heteroatoms. The first-order valence-electron chi connectivity index (χ1n) is 9.53. The summed E-state index contributed by atoms with van der Waals surface area (Å²) >= 11 is 5.98. The van der Waals surface area contributed by atoms with Crippen LogP contribution in [0.5, 0.6) is 0 Å². The van der Waals surface area contributed by atoms with Crippen molar-refractivity contribution in [1.82, 2.24) is 10.1 Å². The van der Waals surface area contributed by atoms with E-state index in [1.807, 2.05) is 0 Å². The largest absolute Gasteiger partial charge is 0.396 e. The third-order valence-electron chi connectivity index (χ3n) is 5.39. The predicted octanol–water partition coefficient (Wildman–Crippen LogP) is 2.26. The maximum absolute atomic E-state index is 13.4. The fourth-order valence-electron chi connectivity index (χ4n) is 3.39. The van der Waals surface area contributed by atoms with Crippen molar-refractivity contribution in [2.45, 2.75) is 12.8 Å². The van der Waals surface area contributed by atoms with Gasteiger partial charge in [-0.3, -0.25) is 4.79 Å². The molecule has 1 amide bonds. The van der Waals surface area contributed by atoms with Crippen molar-refractivity contribution in [3.05, 3.63) is 34.9 Å². The molecule has 29 heavy (non-hydrogen) atoms. The van der Waals surface area contributed by atoms with Gasteiger partial charge in [-0.1, -0.05) is 16.8 Å². The van der Waals surface area contributed by atoms with Crippen molar-refractivity contribution in [2.75, 3.05) is 51.9 Å². The van der Waals surface area contributed by atoms with Gasteiger partial charge in [-0.15, -0.1) is 0 Å². The minimum Gasteiger partial charge on any atom is -0.396 e. The molecule has 0 unspecified atom stereocenters. The molecule has 1 aliphatic rings. The van der Waals surface area contributed by atoms with Crippen LogP contribution < -0.4 is 5.32 Å². The lowest BCUT2D eigenvalue weighted by molar-refractivity contribution is 0.000723. The molecule has 1 aromatic heterocycles. The molecular weight excluding hydrogens is 398 g/mol. The maximum atomic E-state index is 13.4. The third kappa shape index (κ3) is 4.72. The number of anilines is 1. The molecule has 1 aliphatic heterocycles. The van der Waals surface area contributed by atoms with Crippen molar-refractivity contribution in [1.29, 1.82) is 0 Å². The first-order valence-corrected chi connectivity index (χ1v) is 9.91. The summed E-state index contributed by atoms with van der Waals surface area (Å²) in [6.07, 6.45) is 1.06. The van der Waals surface area contributed by atoms with Crippen LogP contribution in [0.25, 0.3) is 11.3 Å². The zero-order chi connectivity index (χ0) is 20.9. The van der Waals surface area contributed by atoms with Crippen molar-refractivity contribution >= 4 is 23.3 Å². The Morgan fingerprint density at radius 1 is 1.28 bits per heavy atom. The summed E-state index contributed by atoms with van der Waals surface area (Å²) in [5.74, 6) is 0.520. The van der Waals surface area contributed by atoms with E-state index in [1.165, 1.54) is 0 Å². The lowest BCUT2D eigenvalue weighted by atomic mass is 9.80. The van der Waals surface area contributed by atoms with Gasteiger partial charge in [0.05, 0.1) is 19.8 Å². The number of carbonyl (C=O) groups is 1. The number of methoxy groups -OCH3 is 1. The number of ether oxygens (including phenoxy) is 1. The molecular formula is C20H26ClN3O5. The lowest BCUT2D eigenvalue weighted by Crippen LogP contribution is -2.46. The molecule has 158 valence electrons. The molecule has 0 aliphatic carbocycles. The Balaban J connectivity index is 1.88. The molecule has 8 nitrogen and oxygen atoms in total. The van der Waals surface area contributed by atoms with E-state index in [-0.39, 0.29) is 19.1 Å². The molecule has 1 aromatic carbocycles. The molecule has 3 rings (SSSR count). The second-order valence-corrected chi connectivity index (χ2v) is 7.71. The lowest BCUT2D eigenvalue weighted by Gasteiger charge is -2.39. The molecule has 0 saturated carbocycles. The van der Waals surface area contributed by atoms with Gasteiger partial charge >= 0.3 is 0 Å². The van der Waals surface area contributed by atoms with Crippen LogP contribution in [-0.4, -0.2) is 72.7 Å². The van der Waals surface area contributed by atoms with Gasteiger partial charge in [-0.05, 0) is 37.1 Å². The van der Waals surface area contributed by atoms with Crippen LogP contribution in [0.4, 0.5) is 5.82 Å². The number of aliphatic hydroxyl groups is 2. The standard InChI is InChI=1S/C20H26ClN3O5/c1-28-11-8-22-18-16(17(29-23-18)14-2-4-15(21)5-3-14)19(27)24-9-6-20(12-25,13-26)7-10-24/h2-5,25-26H,6-13H2,1H3,(H,22,23). The van der Waals surface area contributed by atoms with Gasteiger partial charge in [0.2, 0.25) is 0 Å². The Labute approximate surface area is 174 Å². The molecule has 2 heterocycles. The zero-order valence-electron chi connectivity index (χ0n) is 16.4. The monoisotopic (exact) mass is 423 g/mol. The number of aliphatic hydroxyl groups excluding tert-OH is 2. The number of benzene rings is 1. The highest BCUT2D eigenvalue weighted by Gasteiger charge is 2.37. The van der Waals surface area contributed by atoms with Gasteiger partial charge in [0.1, 0.15) is 5.56 Å². The topological polar surface area (TPSA) is 108 Å². The van der Waals surface area contributed by atoms with Gasteiger partial charge < -0.3 is 29.7 Å². The smallest absolute Gasteiger partial charge is 0.261 e. The van der Waals surface area contributed by atoms with E-state index in [1.54, 1.807) is 36.3 Å². The van der Waals surface area contributed by atoms with E-state index in [0.29, 0.717) is 66.8 Å². The molecule has 1 fully saturated rings. The SMILES string of the molecule is COCCNc1noc(-c2ccc(Cl)cc2)c1C(=O)N1CCC(CO)(CO)CC1. The molecule has 0 bridgehead atoms. The van der Waals surface area contributed by atoms with Crippen LogP contribution >= 0.6 is 11.6 Å². The van der Waals surface area contributed by atoms with Gasteiger partial charge in [-0.25, -0.2) is 0 Å². The maximum Gasteiger partial charge on any atom is 0.261 e. The van der Waals surface area contributed by atoms with E-state index < -0.39 is 5.41 Å². The molecule has 0 atom stereocenters. The summed E-state index contributed by atoms with van der Waals surface area (Å²) in [6.45, 7) is 1.60. The van der Waals surface area contributed by atoms with Crippen molar-refractivity contribution in [3.8, 4) is 11.3 Å². The average Bonchev–Trinajstić information content (AvgIpc) is 3.18. The quantitative estimate of drug-likeness (QED) is 0.559. The summed E-state index contributed by atoms with van der Waals surface area (Å²) in [6, 6.07) is 7.00. The van der Waals surface area contributed by atoms with E-state index in [2.05, 4.69) is 10.5 Å². The first-order chi connectivity index (χ1) is 14.0. The van der Waals surface area contributed by atoms with Crippen LogP contribution in [0.1, 0.15) is 23.2 Å². The Morgan fingerprint density at radius 3 is 2.52 bits per heavy atom. The average molecular weight is 424 g/mol. The molecule has 0 spiro atoms. The van der Waals surface area contributed by atoms with Gasteiger partial charge in [-0.2, -0.15) is 0 Å². The van der Waals surface area contributed by atoms with Crippen molar-refractivity contribution in [2.24, 2.45) is 5.41 Å². The number of likely N-dealkylation sites (tertiary alicyclic amines) is 1. The Bertz CT molecular complexity index is 810.